The molecule has 0 spiro atoms. The average Bonchev–Trinajstić information content (AvgIpc) is 3.40. The topological polar surface area (TPSA) is 144 Å². The second-order valence-corrected chi connectivity index (χ2v) is 9.61. The highest BCUT2D eigenvalue weighted by Gasteiger charge is 2.38. The molecule has 0 aliphatic heterocycles. The van der Waals surface area contributed by atoms with E-state index in [9.17, 15) is 40.3 Å². The molecule has 0 fully saturated rings. The van der Waals surface area contributed by atoms with Crippen LogP contribution in [0.4, 0.5) is 40.8 Å². The Morgan fingerprint density at radius 2 is 1.71 bits per heavy atom. The van der Waals surface area contributed by atoms with Gasteiger partial charge in [0.15, 0.2) is 17.5 Å². The average molecular weight is 642 g/mol. The van der Waals surface area contributed by atoms with E-state index in [1.165, 1.54) is 19.2 Å². The SMILES string of the molecule is Cc1nnc(C(CCCn2ccc3cc(-c4ncc(C(F)(F)F)cn4)c(F)c(F)c3c2=O)Nc2cn[nH]c(=O)c2C(F)(F)F)o1. The first kappa shape index (κ1) is 31.2. The summed E-state index contributed by atoms with van der Waals surface area (Å²) in [6.45, 7) is 1.31. The number of aromatic amines is 1. The minimum atomic E-state index is -5.04. The zero-order valence-electron chi connectivity index (χ0n) is 22.6. The monoisotopic (exact) mass is 642 g/mol. The highest BCUT2D eigenvalue weighted by molar-refractivity contribution is 5.86. The van der Waals surface area contributed by atoms with Crippen molar-refractivity contribution in [1.82, 2.24) is 34.9 Å². The van der Waals surface area contributed by atoms with Crippen molar-refractivity contribution in [2.75, 3.05) is 5.32 Å². The summed E-state index contributed by atoms with van der Waals surface area (Å²) in [5.74, 6) is -3.70. The first-order chi connectivity index (χ1) is 21.1. The molecule has 0 saturated carbocycles. The molecule has 0 amide bonds. The van der Waals surface area contributed by atoms with Crippen molar-refractivity contribution < 1.29 is 39.5 Å². The van der Waals surface area contributed by atoms with Crippen LogP contribution in [0.1, 0.15) is 41.8 Å². The van der Waals surface area contributed by atoms with Crippen LogP contribution in [0.3, 0.4) is 0 Å². The van der Waals surface area contributed by atoms with Gasteiger partial charge < -0.3 is 14.3 Å². The highest BCUT2D eigenvalue weighted by atomic mass is 19.4. The summed E-state index contributed by atoms with van der Waals surface area (Å²) in [5.41, 5.74) is -6.42. The number of fused-ring (bicyclic) bond motifs is 1. The van der Waals surface area contributed by atoms with Crippen LogP contribution in [-0.4, -0.2) is 34.9 Å². The van der Waals surface area contributed by atoms with Crippen LogP contribution >= 0.6 is 0 Å². The van der Waals surface area contributed by atoms with E-state index < -0.39 is 74.7 Å². The van der Waals surface area contributed by atoms with Crippen molar-refractivity contribution in [3.05, 3.63) is 92.2 Å². The molecule has 0 saturated heterocycles. The van der Waals surface area contributed by atoms with E-state index in [1.54, 1.807) is 5.10 Å². The Morgan fingerprint density at radius 3 is 2.33 bits per heavy atom. The summed E-state index contributed by atoms with van der Waals surface area (Å²) in [7, 11) is 0. The Morgan fingerprint density at radius 1 is 1.00 bits per heavy atom. The molecule has 236 valence electrons. The molecule has 1 atom stereocenters. The first-order valence-electron chi connectivity index (χ1n) is 12.8. The van der Waals surface area contributed by atoms with Crippen molar-refractivity contribution >= 4 is 16.5 Å². The van der Waals surface area contributed by atoms with Gasteiger partial charge in [-0.3, -0.25) is 9.59 Å². The van der Waals surface area contributed by atoms with Gasteiger partial charge in [0, 0.05) is 32.1 Å². The third kappa shape index (κ3) is 6.36. The number of aromatic nitrogens is 7. The van der Waals surface area contributed by atoms with Crippen molar-refractivity contribution in [2.24, 2.45) is 0 Å². The smallest absolute Gasteiger partial charge is 0.423 e. The lowest BCUT2D eigenvalue weighted by molar-refractivity contribution is -0.139. The number of hydrogen-bond acceptors (Lipinski definition) is 9. The Labute approximate surface area is 245 Å². The Hall–Kier alpha value is -5.23. The lowest BCUT2D eigenvalue weighted by atomic mass is 10.1. The van der Waals surface area contributed by atoms with E-state index in [1.807, 2.05) is 0 Å². The lowest BCUT2D eigenvalue weighted by Gasteiger charge is -2.19. The second-order valence-electron chi connectivity index (χ2n) is 9.61. The molecular weight excluding hydrogens is 624 g/mol. The third-order valence-electron chi connectivity index (χ3n) is 6.57. The van der Waals surface area contributed by atoms with Crippen LogP contribution in [0, 0.1) is 18.6 Å². The molecule has 0 bridgehead atoms. The number of anilines is 1. The van der Waals surface area contributed by atoms with Crippen molar-refractivity contribution in [3.63, 3.8) is 0 Å². The van der Waals surface area contributed by atoms with Gasteiger partial charge in [-0.05, 0) is 30.4 Å². The standard InChI is InChI=1S/C26H18F8N8O3/c1-11-39-41-23(45-11)15(38-16-10-37-40-22(43)18(16)26(32,33)34)3-2-5-42-6-4-12-7-14(19(27)20(28)17(12)24(42)44)21-35-8-13(9-36-21)25(29,30)31/h4,6-10,15H,2-3,5H2,1H3,(H2,38,40,43). The summed E-state index contributed by atoms with van der Waals surface area (Å²) in [4.78, 5) is 31.9. The van der Waals surface area contributed by atoms with Gasteiger partial charge in [0.2, 0.25) is 11.8 Å². The van der Waals surface area contributed by atoms with Crippen LogP contribution in [0.5, 0.6) is 0 Å². The number of pyridine rings is 1. The molecule has 45 heavy (non-hydrogen) atoms. The maximum absolute atomic E-state index is 15.1. The highest BCUT2D eigenvalue weighted by Crippen LogP contribution is 2.34. The van der Waals surface area contributed by atoms with Crippen LogP contribution < -0.4 is 16.4 Å². The summed E-state index contributed by atoms with van der Waals surface area (Å²) in [5, 5.41) is 14.4. The second kappa shape index (κ2) is 11.7. The summed E-state index contributed by atoms with van der Waals surface area (Å²) < 4.78 is 116. The lowest BCUT2D eigenvalue weighted by Crippen LogP contribution is -2.26. The van der Waals surface area contributed by atoms with Crippen LogP contribution in [0.2, 0.25) is 0 Å². The van der Waals surface area contributed by atoms with Crippen molar-refractivity contribution in [3.8, 4) is 11.4 Å². The molecule has 4 aromatic heterocycles. The van der Waals surface area contributed by atoms with E-state index in [0.29, 0.717) is 12.4 Å². The Bertz CT molecular complexity index is 1980. The molecule has 0 aliphatic rings. The van der Waals surface area contributed by atoms with Gasteiger partial charge in [0.25, 0.3) is 11.1 Å². The number of H-pyrrole nitrogens is 1. The molecule has 5 rings (SSSR count). The van der Waals surface area contributed by atoms with Crippen LogP contribution in [-0.2, 0) is 18.9 Å². The summed E-state index contributed by atoms with van der Waals surface area (Å²) in [6, 6.07) is 1.20. The van der Waals surface area contributed by atoms with E-state index in [0.717, 1.165) is 16.8 Å². The maximum atomic E-state index is 15.1. The van der Waals surface area contributed by atoms with Crippen molar-refractivity contribution in [2.45, 2.75) is 44.7 Å². The Balaban J connectivity index is 1.40. The number of benzene rings is 1. The zero-order valence-corrected chi connectivity index (χ0v) is 22.6. The van der Waals surface area contributed by atoms with Gasteiger partial charge in [-0.1, -0.05) is 0 Å². The molecule has 11 nitrogen and oxygen atoms in total. The molecule has 1 aromatic carbocycles. The number of nitrogens with one attached hydrogen (secondary N) is 2. The molecule has 4 heterocycles. The van der Waals surface area contributed by atoms with Gasteiger partial charge in [-0.15, -0.1) is 10.2 Å². The minimum absolute atomic E-state index is 0.0444. The fourth-order valence-corrected chi connectivity index (χ4v) is 4.48. The minimum Gasteiger partial charge on any atom is -0.423 e. The van der Waals surface area contributed by atoms with E-state index in [-0.39, 0.29) is 36.6 Å². The Kier molecular flexibility index (Phi) is 8.11. The van der Waals surface area contributed by atoms with Gasteiger partial charge >= 0.3 is 12.4 Å². The number of nitrogens with zero attached hydrogens (tertiary/aromatic N) is 6. The molecule has 0 radical (unpaired) electrons. The largest absolute Gasteiger partial charge is 0.423 e. The third-order valence-corrected chi connectivity index (χ3v) is 6.57. The van der Waals surface area contributed by atoms with Gasteiger partial charge in [0.1, 0.15) is 11.6 Å². The van der Waals surface area contributed by atoms with Gasteiger partial charge in [-0.2, -0.15) is 31.4 Å². The van der Waals surface area contributed by atoms with E-state index >= 15 is 4.39 Å². The molecule has 0 aliphatic carbocycles. The molecule has 19 heteroatoms. The number of alkyl halides is 6. The fraction of sp³-hybridized carbons (Fsp3) is 0.269. The number of aryl methyl sites for hydroxylation is 2. The molecule has 1 unspecified atom stereocenters. The van der Waals surface area contributed by atoms with Crippen LogP contribution in [0.25, 0.3) is 22.2 Å². The number of halogens is 8. The summed E-state index contributed by atoms with van der Waals surface area (Å²) in [6.07, 6.45) is -6.95. The first-order valence-corrected chi connectivity index (χ1v) is 12.8. The van der Waals surface area contributed by atoms with Crippen LogP contribution in [0.15, 0.2) is 50.9 Å². The molecule has 5 aromatic rings. The predicted molar refractivity (Wildman–Crippen MR) is 139 cm³/mol. The number of rotatable bonds is 8. The predicted octanol–water partition coefficient (Wildman–Crippen LogP) is 5.18. The van der Waals surface area contributed by atoms with E-state index in [2.05, 4.69) is 30.6 Å². The maximum Gasteiger partial charge on any atom is 0.423 e. The van der Waals surface area contributed by atoms with Gasteiger partial charge in [-0.25, -0.2) is 23.8 Å². The van der Waals surface area contributed by atoms with Gasteiger partial charge in [0.05, 0.1) is 28.4 Å². The van der Waals surface area contributed by atoms with E-state index in [4.69, 9.17) is 4.42 Å². The normalized spacial score (nSPS) is 12.9. The van der Waals surface area contributed by atoms with Crippen molar-refractivity contribution in [1.29, 1.82) is 0 Å². The quantitative estimate of drug-likeness (QED) is 0.219. The fourth-order valence-electron chi connectivity index (χ4n) is 4.48. The zero-order chi connectivity index (χ0) is 32.7. The molecular formula is C26H18F8N8O3. The summed E-state index contributed by atoms with van der Waals surface area (Å²) >= 11 is 0. The number of hydrogen-bond donors (Lipinski definition) is 2. The molecule has 2 N–H and O–H groups in total.